The van der Waals surface area contributed by atoms with Crippen LogP contribution in [-0.2, 0) is 14.8 Å². The lowest BCUT2D eigenvalue weighted by atomic mass is 9.93. The number of aliphatic hydroxyl groups excluding tert-OH is 1. The maximum absolute atomic E-state index is 12.5. The molecule has 0 radical (unpaired) electrons. The number of sulfonamides is 1. The van der Waals surface area contributed by atoms with E-state index >= 15 is 0 Å². The van der Waals surface area contributed by atoms with Crippen molar-refractivity contribution in [3.05, 3.63) is 35.4 Å². The van der Waals surface area contributed by atoms with Gasteiger partial charge in [-0.25, -0.2) is 8.42 Å². The van der Waals surface area contributed by atoms with E-state index in [-0.39, 0.29) is 12.6 Å². The Bertz CT molecular complexity index is 823. The number of nitrogens with zero attached hydrogens (tertiary/aromatic N) is 2. The van der Waals surface area contributed by atoms with E-state index in [1.165, 1.54) is 0 Å². The standard InChI is InChI=1S/C17H23N3O4S/c1-16(2)17(3,4)25(22,23)20-15(24-16)19-14(8-9-21)13-7-5-6-12(10-13)11-18/h5-7,10,14,21H,8-9H2,1-4H3,(H,19,20)/t14-/m0/s1. The zero-order chi connectivity index (χ0) is 18.9. The second-order valence-electron chi connectivity index (χ2n) is 6.94. The largest absolute Gasteiger partial charge is 0.457 e. The van der Waals surface area contributed by atoms with Crippen molar-refractivity contribution in [3.8, 4) is 6.07 Å². The summed E-state index contributed by atoms with van der Waals surface area (Å²) in [4.78, 5) is 0. The van der Waals surface area contributed by atoms with Crippen molar-refractivity contribution in [2.45, 2.75) is 50.5 Å². The van der Waals surface area contributed by atoms with Gasteiger partial charge in [-0.05, 0) is 51.8 Å². The van der Waals surface area contributed by atoms with Crippen molar-refractivity contribution in [2.75, 3.05) is 6.61 Å². The van der Waals surface area contributed by atoms with E-state index in [9.17, 15) is 13.5 Å². The maximum atomic E-state index is 12.5. The first-order valence-electron chi connectivity index (χ1n) is 7.95. The van der Waals surface area contributed by atoms with Gasteiger partial charge in [0.25, 0.3) is 10.0 Å². The van der Waals surface area contributed by atoms with E-state index in [1.807, 2.05) is 0 Å². The van der Waals surface area contributed by atoms with E-state index < -0.39 is 26.4 Å². The first-order valence-corrected chi connectivity index (χ1v) is 9.39. The average molecular weight is 365 g/mol. The minimum atomic E-state index is -3.79. The van der Waals surface area contributed by atoms with Crippen molar-refractivity contribution in [3.63, 3.8) is 0 Å². The molecule has 0 fully saturated rings. The number of nitriles is 1. The van der Waals surface area contributed by atoms with Crippen molar-refractivity contribution in [1.29, 1.82) is 5.26 Å². The van der Waals surface area contributed by atoms with Gasteiger partial charge in [0.2, 0.25) is 0 Å². The molecule has 0 unspecified atom stereocenters. The van der Waals surface area contributed by atoms with Crippen LogP contribution in [0.3, 0.4) is 0 Å². The number of hydrogen-bond donors (Lipinski definition) is 2. The molecule has 1 heterocycles. The first-order chi connectivity index (χ1) is 11.5. The van der Waals surface area contributed by atoms with Gasteiger partial charge in [0.05, 0.1) is 17.7 Å². The number of nitrogens with one attached hydrogen (secondary N) is 1. The fourth-order valence-corrected chi connectivity index (χ4v) is 3.60. The minimum Gasteiger partial charge on any atom is -0.457 e. The van der Waals surface area contributed by atoms with E-state index in [0.29, 0.717) is 12.0 Å². The number of rotatable bonds is 4. The third kappa shape index (κ3) is 3.62. The second-order valence-corrected chi connectivity index (χ2v) is 9.09. The van der Waals surface area contributed by atoms with Crippen LogP contribution in [0.5, 0.6) is 0 Å². The minimum absolute atomic E-state index is 0.106. The van der Waals surface area contributed by atoms with Crippen molar-refractivity contribution in [2.24, 2.45) is 4.40 Å². The van der Waals surface area contributed by atoms with Crippen LogP contribution in [0.25, 0.3) is 0 Å². The van der Waals surface area contributed by atoms with Crippen LogP contribution in [0.15, 0.2) is 28.7 Å². The van der Waals surface area contributed by atoms with Crippen molar-refractivity contribution >= 4 is 16.0 Å². The summed E-state index contributed by atoms with van der Waals surface area (Å²) in [7, 11) is -3.79. The third-order valence-electron chi connectivity index (χ3n) is 4.78. The molecule has 1 aliphatic heterocycles. The van der Waals surface area contributed by atoms with Gasteiger partial charge in [0, 0.05) is 6.61 Å². The van der Waals surface area contributed by atoms with Gasteiger partial charge in [-0.15, -0.1) is 4.40 Å². The zero-order valence-electron chi connectivity index (χ0n) is 14.8. The molecule has 0 spiro atoms. The summed E-state index contributed by atoms with van der Waals surface area (Å²) in [6, 6.07) is 8.38. The Kier molecular flexibility index (Phi) is 5.11. The zero-order valence-corrected chi connectivity index (χ0v) is 15.6. The summed E-state index contributed by atoms with van der Waals surface area (Å²) in [5, 5.41) is 21.3. The number of amidine groups is 1. The number of hydrogen-bond acceptors (Lipinski definition) is 6. The lowest BCUT2D eigenvalue weighted by Crippen LogP contribution is -2.58. The van der Waals surface area contributed by atoms with Gasteiger partial charge >= 0.3 is 6.02 Å². The average Bonchev–Trinajstić information content (AvgIpc) is 2.52. The highest BCUT2D eigenvalue weighted by atomic mass is 32.2. The summed E-state index contributed by atoms with van der Waals surface area (Å²) in [6.45, 7) is 6.41. The highest BCUT2D eigenvalue weighted by molar-refractivity contribution is 7.91. The summed E-state index contributed by atoms with van der Waals surface area (Å²) >= 11 is 0. The summed E-state index contributed by atoms with van der Waals surface area (Å²) < 4.78 is 33.4. The number of ether oxygens (including phenoxy) is 1. The first kappa shape index (κ1) is 19.2. The van der Waals surface area contributed by atoms with Gasteiger partial charge < -0.3 is 15.2 Å². The highest BCUT2D eigenvalue weighted by Gasteiger charge is 2.53. The Morgan fingerprint density at radius 3 is 2.60 bits per heavy atom. The van der Waals surface area contributed by atoms with Gasteiger partial charge in [-0.1, -0.05) is 12.1 Å². The quantitative estimate of drug-likeness (QED) is 0.842. The fourth-order valence-electron chi connectivity index (χ4n) is 2.40. The molecule has 0 saturated carbocycles. The molecule has 0 aromatic heterocycles. The molecule has 2 rings (SSSR count). The fraction of sp³-hybridized carbons (Fsp3) is 0.529. The topological polar surface area (TPSA) is 112 Å². The Hall–Kier alpha value is -2.11. The molecule has 0 aliphatic carbocycles. The van der Waals surface area contributed by atoms with E-state index in [0.717, 1.165) is 5.56 Å². The molecule has 0 amide bonds. The van der Waals surface area contributed by atoms with E-state index in [4.69, 9.17) is 10.00 Å². The maximum Gasteiger partial charge on any atom is 0.301 e. The Labute approximate surface area is 148 Å². The predicted octanol–water partition coefficient (Wildman–Crippen LogP) is 1.84. The Morgan fingerprint density at radius 1 is 1.36 bits per heavy atom. The van der Waals surface area contributed by atoms with Gasteiger partial charge in [-0.2, -0.15) is 5.26 Å². The lowest BCUT2D eigenvalue weighted by molar-refractivity contribution is 0.0473. The Morgan fingerprint density at radius 2 is 2.04 bits per heavy atom. The third-order valence-corrected chi connectivity index (χ3v) is 6.97. The second kappa shape index (κ2) is 6.65. The molecule has 1 atom stereocenters. The van der Waals surface area contributed by atoms with Crippen molar-refractivity contribution in [1.82, 2.24) is 5.32 Å². The molecular formula is C17H23N3O4S. The van der Waals surface area contributed by atoms with Gasteiger partial charge in [0.15, 0.2) is 0 Å². The van der Waals surface area contributed by atoms with E-state index in [1.54, 1.807) is 52.0 Å². The van der Waals surface area contributed by atoms with Crippen LogP contribution in [-0.4, -0.2) is 36.5 Å². The smallest absolute Gasteiger partial charge is 0.301 e. The van der Waals surface area contributed by atoms with Gasteiger partial charge in [0.1, 0.15) is 10.3 Å². The summed E-state index contributed by atoms with van der Waals surface area (Å²) in [6.07, 6.45) is 0.307. The van der Waals surface area contributed by atoms with Gasteiger partial charge in [-0.3, -0.25) is 0 Å². The highest BCUT2D eigenvalue weighted by Crippen LogP contribution is 2.37. The molecule has 0 saturated heterocycles. The van der Waals surface area contributed by atoms with Crippen LogP contribution >= 0.6 is 0 Å². The predicted molar refractivity (Wildman–Crippen MR) is 94.3 cm³/mol. The SMILES string of the molecule is CC1(C)OC(N[C@@H](CCO)c2cccc(C#N)c2)=NS(=O)(=O)C1(C)C. The molecule has 8 heteroatoms. The van der Waals surface area contributed by atoms with E-state index in [2.05, 4.69) is 15.8 Å². The van der Waals surface area contributed by atoms with Crippen LogP contribution in [0.1, 0.15) is 51.3 Å². The molecule has 1 aromatic rings. The number of benzene rings is 1. The molecule has 25 heavy (non-hydrogen) atoms. The molecule has 1 aromatic carbocycles. The lowest BCUT2D eigenvalue weighted by Gasteiger charge is -2.43. The van der Waals surface area contributed by atoms with Crippen molar-refractivity contribution < 1.29 is 18.3 Å². The Balaban J connectivity index is 2.37. The molecule has 1 aliphatic rings. The monoisotopic (exact) mass is 365 g/mol. The summed E-state index contributed by atoms with van der Waals surface area (Å²) in [5.74, 6) is 0. The normalized spacial score (nSPS) is 21.4. The summed E-state index contributed by atoms with van der Waals surface area (Å²) in [5.41, 5.74) is 0.219. The molecular weight excluding hydrogens is 342 g/mol. The van der Waals surface area contributed by atoms with Crippen LogP contribution in [0.2, 0.25) is 0 Å². The van der Waals surface area contributed by atoms with Crippen LogP contribution in [0.4, 0.5) is 0 Å². The molecule has 136 valence electrons. The molecule has 2 N–H and O–H groups in total. The molecule has 7 nitrogen and oxygen atoms in total. The van der Waals surface area contributed by atoms with Crippen LogP contribution < -0.4 is 5.32 Å². The number of aliphatic hydroxyl groups is 1. The van der Waals surface area contributed by atoms with Crippen LogP contribution in [0, 0.1) is 11.3 Å². The molecule has 0 bridgehead atoms.